The van der Waals surface area contributed by atoms with E-state index in [1.165, 1.54) is 0 Å². The maximum Gasteiger partial charge on any atom is 0.326 e. The lowest BCUT2D eigenvalue weighted by molar-refractivity contribution is -0.148. The molecule has 2 atom stereocenters. The lowest BCUT2D eigenvalue weighted by Gasteiger charge is -2.25. The topological polar surface area (TPSA) is 121 Å². The number of nitrogens with two attached hydrogens (primary N) is 1. The molecule has 6 heteroatoms. The van der Waals surface area contributed by atoms with E-state index in [4.69, 9.17) is 21.1 Å². The van der Waals surface area contributed by atoms with Crippen molar-refractivity contribution in [1.82, 2.24) is 0 Å². The first-order valence-electron chi connectivity index (χ1n) is 5.79. The van der Waals surface area contributed by atoms with E-state index < -0.39 is 30.0 Å². The third-order valence-corrected chi connectivity index (χ3v) is 2.99. The normalized spacial score (nSPS) is 15.5. The monoisotopic (exact) mass is 267 g/mol. The maximum absolute atomic E-state index is 11.2. The number of benzene rings is 1. The van der Waals surface area contributed by atoms with Crippen LogP contribution in [0.1, 0.15) is 12.0 Å². The third kappa shape index (κ3) is 4.04. The fourth-order valence-electron chi connectivity index (χ4n) is 1.80. The minimum Gasteiger partial charge on any atom is -0.481 e. The van der Waals surface area contributed by atoms with E-state index in [-0.39, 0.29) is 12.8 Å². The number of rotatable bonds is 7. The summed E-state index contributed by atoms with van der Waals surface area (Å²) in [5.41, 5.74) is 4.37. The number of carboxylic acid groups (broad SMARTS) is 2. The van der Waals surface area contributed by atoms with Gasteiger partial charge in [0.05, 0.1) is 12.5 Å². The number of carbonyl (C=O) groups is 2. The van der Waals surface area contributed by atoms with Gasteiger partial charge in [-0.05, 0) is 18.4 Å². The van der Waals surface area contributed by atoms with Gasteiger partial charge in [0.2, 0.25) is 0 Å². The molecule has 0 unspecified atom stereocenters. The molecule has 0 heterocycles. The molecule has 0 aliphatic carbocycles. The minimum atomic E-state index is -1.93. The van der Waals surface area contributed by atoms with Crippen LogP contribution in [-0.4, -0.2) is 39.4 Å². The maximum atomic E-state index is 11.2. The Kier molecular flexibility index (Phi) is 5.02. The van der Waals surface area contributed by atoms with Gasteiger partial charge in [0.25, 0.3) is 0 Å². The highest BCUT2D eigenvalue weighted by Gasteiger charge is 2.38. The van der Waals surface area contributed by atoms with Crippen molar-refractivity contribution in [2.75, 3.05) is 6.61 Å². The SMILES string of the molecule is N[C@@](CO)(C[C@H](Cc1ccccc1)C(=O)O)C(=O)O. The Bertz CT molecular complexity index is 448. The van der Waals surface area contributed by atoms with Crippen molar-refractivity contribution in [2.24, 2.45) is 11.7 Å². The van der Waals surface area contributed by atoms with Crippen molar-refractivity contribution in [1.29, 1.82) is 0 Å². The Morgan fingerprint density at radius 1 is 1.21 bits per heavy atom. The number of aliphatic hydroxyl groups is 1. The lowest BCUT2D eigenvalue weighted by Crippen LogP contribution is -2.53. The predicted molar refractivity (Wildman–Crippen MR) is 67.5 cm³/mol. The molecular weight excluding hydrogens is 250 g/mol. The van der Waals surface area contributed by atoms with Crippen molar-refractivity contribution in [2.45, 2.75) is 18.4 Å². The molecule has 1 aromatic carbocycles. The van der Waals surface area contributed by atoms with Crippen molar-refractivity contribution >= 4 is 11.9 Å². The molecular formula is C13H17NO5. The Morgan fingerprint density at radius 2 is 1.79 bits per heavy atom. The van der Waals surface area contributed by atoms with Crippen LogP contribution < -0.4 is 5.73 Å². The molecule has 19 heavy (non-hydrogen) atoms. The highest BCUT2D eigenvalue weighted by Crippen LogP contribution is 2.20. The quantitative estimate of drug-likeness (QED) is 0.555. The molecule has 0 radical (unpaired) electrons. The standard InChI is InChI=1S/C13H17NO5/c14-13(8-15,12(18)19)7-10(11(16)17)6-9-4-2-1-3-5-9/h1-5,10,15H,6-8,14H2,(H,16,17)(H,18,19)/t10-,13+/m0/s1. The molecule has 0 aliphatic rings. The zero-order chi connectivity index (χ0) is 14.5. The van der Waals surface area contributed by atoms with Crippen molar-refractivity contribution in [3.63, 3.8) is 0 Å². The summed E-state index contributed by atoms with van der Waals surface area (Å²) >= 11 is 0. The summed E-state index contributed by atoms with van der Waals surface area (Å²) in [4.78, 5) is 22.2. The molecule has 0 bridgehead atoms. The smallest absolute Gasteiger partial charge is 0.326 e. The van der Waals surface area contributed by atoms with Crippen LogP contribution in [0.5, 0.6) is 0 Å². The molecule has 0 aliphatic heterocycles. The van der Waals surface area contributed by atoms with Gasteiger partial charge in [0.1, 0.15) is 5.54 Å². The highest BCUT2D eigenvalue weighted by atomic mass is 16.4. The molecule has 1 aromatic rings. The van der Waals surface area contributed by atoms with Gasteiger partial charge >= 0.3 is 11.9 Å². The summed E-state index contributed by atoms with van der Waals surface area (Å²) in [6, 6.07) is 8.86. The van der Waals surface area contributed by atoms with Crippen molar-refractivity contribution in [3.8, 4) is 0 Å². The Hall–Kier alpha value is -1.92. The van der Waals surface area contributed by atoms with Gasteiger partial charge in [0, 0.05) is 0 Å². The summed E-state index contributed by atoms with van der Waals surface area (Å²) in [6.45, 7) is -0.805. The van der Waals surface area contributed by atoms with Gasteiger partial charge in [-0.25, -0.2) is 0 Å². The first-order valence-corrected chi connectivity index (χ1v) is 5.79. The molecule has 0 saturated carbocycles. The number of carboxylic acids is 2. The first kappa shape index (κ1) is 15.1. The fraction of sp³-hybridized carbons (Fsp3) is 0.385. The molecule has 0 saturated heterocycles. The number of hydrogen-bond donors (Lipinski definition) is 4. The molecule has 0 aromatic heterocycles. The molecule has 1 rings (SSSR count). The summed E-state index contributed by atoms with van der Waals surface area (Å²) < 4.78 is 0. The van der Waals surface area contributed by atoms with E-state index in [2.05, 4.69) is 0 Å². The van der Waals surface area contributed by atoms with Gasteiger partial charge in [-0.15, -0.1) is 0 Å². The molecule has 104 valence electrons. The van der Waals surface area contributed by atoms with Crippen LogP contribution in [0.3, 0.4) is 0 Å². The number of hydrogen-bond acceptors (Lipinski definition) is 4. The second kappa shape index (κ2) is 6.31. The van der Waals surface area contributed by atoms with Crippen LogP contribution in [0.4, 0.5) is 0 Å². The van der Waals surface area contributed by atoms with Crippen LogP contribution in [0, 0.1) is 5.92 Å². The van der Waals surface area contributed by atoms with Gasteiger partial charge in [-0.3, -0.25) is 9.59 Å². The van der Waals surface area contributed by atoms with E-state index in [1.54, 1.807) is 30.3 Å². The van der Waals surface area contributed by atoms with Gasteiger partial charge in [-0.1, -0.05) is 30.3 Å². The summed E-state index contributed by atoms with van der Waals surface area (Å²) in [5.74, 6) is -3.50. The van der Waals surface area contributed by atoms with Crippen LogP contribution in [0.25, 0.3) is 0 Å². The average Bonchev–Trinajstić information content (AvgIpc) is 2.38. The van der Waals surface area contributed by atoms with E-state index in [1.807, 2.05) is 0 Å². The van der Waals surface area contributed by atoms with E-state index in [9.17, 15) is 9.59 Å². The average molecular weight is 267 g/mol. The van der Waals surface area contributed by atoms with E-state index >= 15 is 0 Å². The number of aliphatic carboxylic acids is 2. The van der Waals surface area contributed by atoms with Gasteiger partial charge in [0.15, 0.2) is 0 Å². The fourth-order valence-corrected chi connectivity index (χ4v) is 1.80. The van der Waals surface area contributed by atoms with E-state index in [0.717, 1.165) is 5.56 Å². The van der Waals surface area contributed by atoms with Crippen LogP contribution in [0.15, 0.2) is 30.3 Å². The van der Waals surface area contributed by atoms with Crippen LogP contribution in [-0.2, 0) is 16.0 Å². The summed E-state index contributed by atoms with van der Waals surface area (Å²) in [6.07, 6.45) is -0.161. The predicted octanol–water partition coefficient (Wildman–Crippen LogP) is 0.0944. The van der Waals surface area contributed by atoms with Gasteiger partial charge in [-0.2, -0.15) is 0 Å². The van der Waals surface area contributed by atoms with Crippen LogP contribution >= 0.6 is 0 Å². The van der Waals surface area contributed by atoms with E-state index in [0.29, 0.717) is 0 Å². The number of aliphatic hydroxyl groups excluding tert-OH is 1. The Labute approximate surface area is 110 Å². The summed E-state index contributed by atoms with van der Waals surface area (Å²) in [5, 5.41) is 27.2. The first-order chi connectivity index (χ1) is 8.89. The van der Waals surface area contributed by atoms with Gasteiger partial charge < -0.3 is 21.1 Å². The Morgan fingerprint density at radius 3 is 2.21 bits per heavy atom. The van der Waals surface area contributed by atoms with Crippen LogP contribution in [0.2, 0.25) is 0 Å². The zero-order valence-corrected chi connectivity index (χ0v) is 10.3. The highest BCUT2D eigenvalue weighted by molar-refractivity contribution is 5.80. The second-order valence-electron chi connectivity index (χ2n) is 4.55. The zero-order valence-electron chi connectivity index (χ0n) is 10.3. The lowest BCUT2D eigenvalue weighted by atomic mass is 9.85. The second-order valence-corrected chi connectivity index (χ2v) is 4.55. The molecule has 0 amide bonds. The largest absolute Gasteiger partial charge is 0.481 e. The molecule has 6 nitrogen and oxygen atoms in total. The van der Waals surface area contributed by atoms with Crippen molar-refractivity contribution in [3.05, 3.63) is 35.9 Å². The molecule has 0 spiro atoms. The molecule has 5 N–H and O–H groups in total. The third-order valence-electron chi connectivity index (χ3n) is 2.99. The summed E-state index contributed by atoms with van der Waals surface area (Å²) in [7, 11) is 0. The molecule has 0 fully saturated rings. The van der Waals surface area contributed by atoms with Crippen molar-refractivity contribution < 1.29 is 24.9 Å². The minimum absolute atomic E-state index is 0.169. The Balaban J connectivity index is 2.85.